The summed E-state index contributed by atoms with van der Waals surface area (Å²) in [6.45, 7) is 2.63. The number of aromatic nitrogens is 3. The van der Waals surface area contributed by atoms with E-state index in [0.717, 1.165) is 5.69 Å². The first-order valence-electron chi connectivity index (χ1n) is 5.88. The van der Waals surface area contributed by atoms with Gasteiger partial charge in [-0.25, -0.2) is 0 Å². The molecule has 0 amide bonds. The number of ether oxygens (including phenoxy) is 1. The van der Waals surface area contributed by atoms with Crippen LogP contribution in [0, 0.1) is 0 Å². The van der Waals surface area contributed by atoms with Gasteiger partial charge in [-0.3, -0.25) is 0 Å². The molecule has 0 radical (unpaired) electrons. The van der Waals surface area contributed by atoms with E-state index in [4.69, 9.17) is 27.9 Å². The summed E-state index contributed by atoms with van der Waals surface area (Å²) >= 11 is 11.8. The highest BCUT2D eigenvalue weighted by atomic mass is 35.5. The van der Waals surface area contributed by atoms with Crippen LogP contribution in [0.2, 0.25) is 10.3 Å². The van der Waals surface area contributed by atoms with Crippen molar-refractivity contribution in [2.24, 2.45) is 0 Å². The van der Waals surface area contributed by atoms with Crippen LogP contribution in [0.15, 0.2) is 18.2 Å². The summed E-state index contributed by atoms with van der Waals surface area (Å²) in [5.74, 6) is 1.31. The van der Waals surface area contributed by atoms with Gasteiger partial charge in [0.1, 0.15) is 5.75 Å². The molecule has 20 heavy (non-hydrogen) atoms. The van der Waals surface area contributed by atoms with Crippen molar-refractivity contribution < 1.29 is 4.74 Å². The highest BCUT2D eigenvalue weighted by Gasteiger charge is 2.07. The van der Waals surface area contributed by atoms with Gasteiger partial charge in [0, 0.05) is 18.3 Å². The molecule has 2 N–H and O–H groups in total. The van der Waals surface area contributed by atoms with Crippen molar-refractivity contribution in [1.82, 2.24) is 15.0 Å². The summed E-state index contributed by atoms with van der Waals surface area (Å²) in [6, 6.07) is 5.25. The Hall–Kier alpha value is -1.79. The van der Waals surface area contributed by atoms with E-state index in [-0.39, 0.29) is 5.28 Å². The fraction of sp³-hybridized carbons (Fsp3) is 0.250. The lowest BCUT2D eigenvalue weighted by molar-refractivity contribution is 0.415. The van der Waals surface area contributed by atoms with Crippen molar-refractivity contribution in [3.63, 3.8) is 0 Å². The van der Waals surface area contributed by atoms with Crippen LogP contribution in [-0.4, -0.2) is 28.6 Å². The van der Waals surface area contributed by atoms with Gasteiger partial charge in [-0.15, -0.1) is 0 Å². The maximum absolute atomic E-state index is 5.97. The van der Waals surface area contributed by atoms with Crippen molar-refractivity contribution in [2.75, 3.05) is 24.3 Å². The van der Waals surface area contributed by atoms with Gasteiger partial charge in [0.15, 0.2) is 0 Å². The molecular formula is C12H13Cl2N5O. The molecule has 0 saturated carbocycles. The van der Waals surface area contributed by atoms with E-state index in [1.54, 1.807) is 25.3 Å². The van der Waals surface area contributed by atoms with Crippen LogP contribution < -0.4 is 15.4 Å². The Kier molecular flexibility index (Phi) is 4.81. The number of methoxy groups -OCH3 is 1. The Labute approximate surface area is 126 Å². The lowest BCUT2D eigenvalue weighted by atomic mass is 10.3. The highest BCUT2D eigenvalue weighted by molar-refractivity contribution is 6.32. The number of nitrogens with one attached hydrogen (secondary N) is 2. The van der Waals surface area contributed by atoms with E-state index >= 15 is 0 Å². The minimum atomic E-state index is 0.111. The van der Waals surface area contributed by atoms with E-state index in [2.05, 4.69) is 25.6 Å². The van der Waals surface area contributed by atoms with Gasteiger partial charge in [0.2, 0.25) is 17.2 Å². The normalized spacial score (nSPS) is 10.2. The van der Waals surface area contributed by atoms with Crippen LogP contribution in [0.25, 0.3) is 0 Å². The average molecular weight is 314 g/mol. The molecular weight excluding hydrogens is 301 g/mol. The van der Waals surface area contributed by atoms with Crippen LogP contribution in [0.5, 0.6) is 5.75 Å². The lowest BCUT2D eigenvalue weighted by Crippen LogP contribution is -2.06. The maximum Gasteiger partial charge on any atom is 0.233 e. The molecule has 0 aliphatic carbocycles. The van der Waals surface area contributed by atoms with Crippen LogP contribution >= 0.6 is 23.2 Å². The van der Waals surface area contributed by atoms with E-state index < -0.39 is 0 Å². The molecule has 8 heteroatoms. The highest BCUT2D eigenvalue weighted by Crippen LogP contribution is 2.28. The molecule has 6 nitrogen and oxygen atoms in total. The molecule has 0 saturated heterocycles. The second-order valence-corrected chi connectivity index (χ2v) is 4.50. The van der Waals surface area contributed by atoms with Gasteiger partial charge in [0.25, 0.3) is 0 Å². The van der Waals surface area contributed by atoms with E-state index in [9.17, 15) is 0 Å². The van der Waals surface area contributed by atoms with Crippen molar-refractivity contribution >= 4 is 40.8 Å². The fourth-order valence-corrected chi connectivity index (χ4v) is 1.86. The summed E-state index contributed by atoms with van der Waals surface area (Å²) in [5.41, 5.74) is 0.732. The first-order valence-corrected chi connectivity index (χ1v) is 6.64. The largest absolute Gasteiger partial charge is 0.495 e. The summed E-state index contributed by atoms with van der Waals surface area (Å²) in [7, 11) is 1.55. The van der Waals surface area contributed by atoms with Gasteiger partial charge in [0.05, 0.1) is 12.1 Å². The third kappa shape index (κ3) is 3.61. The first-order chi connectivity index (χ1) is 9.62. The zero-order valence-corrected chi connectivity index (χ0v) is 12.5. The van der Waals surface area contributed by atoms with E-state index in [1.807, 2.05) is 6.92 Å². The summed E-state index contributed by atoms with van der Waals surface area (Å²) < 4.78 is 5.15. The fourth-order valence-electron chi connectivity index (χ4n) is 1.51. The average Bonchev–Trinajstić information content (AvgIpc) is 2.40. The third-order valence-corrected chi connectivity index (χ3v) is 2.83. The Bertz CT molecular complexity index is 608. The van der Waals surface area contributed by atoms with Gasteiger partial charge in [-0.2, -0.15) is 15.0 Å². The van der Waals surface area contributed by atoms with Gasteiger partial charge in [-0.05, 0) is 30.7 Å². The van der Waals surface area contributed by atoms with Gasteiger partial charge in [-0.1, -0.05) is 11.6 Å². The van der Waals surface area contributed by atoms with Gasteiger partial charge >= 0.3 is 0 Å². The standard InChI is InChI=1S/C12H13Cl2N5O/c1-3-15-11-17-10(14)18-12(19-11)16-7-4-5-8(13)9(6-7)20-2/h4-6H,3H2,1-2H3,(H2,15,16,17,18,19). The molecule has 0 spiro atoms. The summed E-state index contributed by atoms with van der Waals surface area (Å²) in [4.78, 5) is 12.2. The Morgan fingerprint density at radius 1 is 1.15 bits per heavy atom. The van der Waals surface area contributed by atoms with Crippen LogP contribution in [0.1, 0.15) is 6.92 Å². The monoisotopic (exact) mass is 313 g/mol. The smallest absolute Gasteiger partial charge is 0.233 e. The SMILES string of the molecule is CCNc1nc(Cl)nc(Nc2ccc(Cl)c(OC)c2)n1. The minimum Gasteiger partial charge on any atom is -0.495 e. The molecule has 106 valence electrons. The molecule has 2 aromatic rings. The number of hydrogen-bond acceptors (Lipinski definition) is 6. The molecule has 0 bridgehead atoms. The number of hydrogen-bond donors (Lipinski definition) is 2. The molecule has 0 fully saturated rings. The molecule has 0 atom stereocenters. The van der Waals surface area contributed by atoms with Crippen LogP contribution in [0.3, 0.4) is 0 Å². The van der Waals surface area contributed by atoms with E-state index in [0.29, 0.717) is 29.2 Å². The molecule has 1 heterocycles. The summed E-state index contributed by atoms with van der Waals surface area (Å²) in [5, 5.41) is 6.63. The topological polar surface area (TPSA) is 72.0 Å². The van der Waals surface area contributed by atoms with Gasteiger partial charge < -0.3 is 15.4 Å². The van der Waals surface area contributed by atoms with Crippen LogP contribution in [-0.2, 0) is 0 Å². The van der Waals surface area contributed by atoms with E-state index in [1.165, 1.54) is 0 Å². The van der Waals surface area contributed by atoms with Crippen LogP contribution in [0.4, 0.5) is 17.6 Å². The lowest BCUT2D eigenvalue weighted by Gasteiger charge is -2.09. The minimum absolute atomic E-state index is 0.111. The molecule has 0 aliphatic heterocycles. The maximum atomic E-state index is 5.97. The third-order valence-electron chi connectivity index (χ3n) is 2.35. The van der Waals surface area contributed by atoms with Crippen molar-refractivity contribution in [2.45, 2.75) is 6.92 Å². The number of anilines is 3. The number of benzene rings is 1. The number of nitrogens with zero attached hydrogens (tertiary/aromatic N) is 3. The zero-order valence-electron chi connectivity index (χ0n) is 10.9. The predicted molar refractivity (Wildman–Crippen MR) is 80.3 cm³/mol. The predicted octanol–water partition coefficient (Wildman–Crippen LogP) is 3.36. The van der Waals surface area contributed by atoms with Crippen molar-refractivity contribution in [3.05, 3.63) is 28.5 Å². The molecule has 1 aromatic heterocycles. The zero-order chi connectivity index (χ0) is 14.5. The number of halogens is 2. The molecule has 2 rings (SSSR count). The van der Waals surface area contributed by atoms with Crippen molar-refractivity contribution in [1.29, 1.82) is 0 Å². The molecule has 1 aromatic carbocycles. The second kappa shape index (κ2) is 6.58. The molecule has 0 unspecified atom stereocenters. The second-order valence-electron chi connectivity index (χ2n) is 3.76. The van der Waals surface area contributed by atoms with Crippen molar-refractivity contribution in [3.8, 4) is 5.75 Å². The Morgan fingerprint density at radius 3 is 2.60 bits per heavy atom. The number of rotatable bonds is 5. The Balaban J connectivity index is 2.25. The first kappa shape index (κ1) is 14.6. The Morgan fingerprint density at radius 2 is 1.90 bits per heavy atom. The quantitative estimate of drug-likeness (QED) is 0.882. The molecule has 0 aliphatic rings. The summed E-state index contributed by atoms with van der Waals surface area (Å²) in [6.07, 6.45) is 0.